The van der Waals surface area contributed by atoms with Crippen LogP contribution in [0.1, 0.15) is 34.6 Å². The first-order chi connectivity index (χ1) is 19.2. The standard InChI is InChI=1S/C36H29NO2/c38-36(37-23-24-8-2-1-3-9-24)39-35-21-20-30(31-12-6-7-13-34(31)35)26-15-17-29-27(22-26)16-19-32-28-11-5-4-10-25(28)14-18-33(29)32/h1-14,16,18-21,26H,15,17,22-23H2,(H,37,38). The normalized spacial score (nSPS) is 14.8. The van der Waals surface area contributed by atoms with E-state index in [4.69, 9.17) is 4.74 Å². The molecule has 3 heteroatoms. The zero-order valence-electron chi connectivity index (χ0n) is 21.7. The van der Waals surface area contributed by atoms with Gasteiger partial charge in [0.15, 0.2) is 0 Å². The number of nitrogens with one attached hydrogen (secondary N) is 1. The molecule has 0 aromatic heterocycles. The van der Waals surface area contributed by atoms with E-state index in [2.05, 4.69) is 72.0 Å². The highest BCUT2D eigenvalue weighted by molar-refractivity contribution is 6.08. The fourth-order valence-electron chi connectivity index (χ4n) is 6.28. The molecule has 190 valence electrons. The van der Waals surface area contributed by atoms with E-state index < -0.39 is 6.09 Å². The summed E-state index contributed by atoms with van der Waals surface area (Å²) in [6, 6.07) is 40.1. The third kappa shape index (κ3) is 4.40. The van der Waals surface area contributed by atoms with Gasteiger partial charge in [0.05, 0.1) is 0 Å². The maximum absolute atomic E-state index is 12.6. The maximum atomic E-state index is 12.6. The SMILES string of the molecule is O=C(NCc1ccccc1)Oc1ccc(C2CCc3c(ccc4c3ccc3ccccc34)C2)c2ccccc12. The van der Waals surface area contributed by atoms with Crippen LogP contribution in [-0.4, -0.2) is 6.09 Å². The Hall–Kier alpha value is -4.63. The van der Waals surface area contributed by atoms with E-state index in [1.807, 2.05) is 48.5 Å². The van der Waals surface area contributed by atoms with Crippen molar-refractivity contribution in [3.63, 3.8) is 0 Å². The molecular formula is C36H29NO2. The monoisotopic (exact) mass is 507 g/mol. The molecule has 0 bridgehead atoms. The number of amides is 1. The Balaban J connectivity index is 1.16. The van der Waals surface area contributed by atoms with Crippen molar-refractivity contribution in [2.75, 3.05) is 0 Å². The van der Waals surface area contributed by atoms with E-state index in [-0.39, 0.29) is 0 Å². The summed E-state index contributed by atoms with van der Waals surface area (Å²) in [5.41, 5.74) is 5.30. The van der Waals surface area contributed by atoms with Crippen molar-refractivity contribution in [2.45, 2.75) is 31.7 Å². The number of carbonyl (C=O) groups is 1. The second-order valence-electron chi connectivity index (χ2n) is 10.5. The van der Waals surface area contributed by atoms with Gasteiger partial charge in [0.2, 0.25) is 0 Å². The van der Waals surface area contributed by atoms with E-state index >= 15 is 0 Å². The number of hydrogen-bond acceptors (Lipinski definition) is 2. The first kappa shape index (κ1) is 23.5. The Morgan fingerprint density at radius 3 is 2.31 bits per heavy atom. The van der Waals surface area contributed by atoms with Crippen LogP contribution in [0.15, 0.2) is 115 Å². The van der Waals surface area contributed by atoms with E-state index in [0.29, 0.717) is 18.2 Å². The summed E-state index contributed by atoms with van der Waals surface area (Å²) in [6.07, 6.45) is 2.73. The molecule has 7 rings (SSSR count). The lowest BCUT2D eigenvalue weighted by Gasteiger charge is -2.27. The lowest BCUT2D eigenvalue weighted by Crippen LogP contribution is -2.26. The van der Waals surface area contributed by atoms with Crippen LogP contribution in [0.25, 0.3) is 32.3 Å². The number of rotatable bonds is 4. The molecule has 6 aromatic rings. The highest BCUT2D eigenvalue weighted by atomic mass is 16.6. The van der Waals surface area contributed by atoms with Gasteiger partial charge in [0, 0.05) is 11.9 Å². The van der Waals surface area contributed by atoms with Gasteiger partial charge in [-0.3, -0.25) is 0 Å². The molecule has 0 heterocycles. The van der Waals surface area contributed by atoms with Gasteiger partial charge in [0.1, 0.15) is 5.75 Å². The molecule has 3 nitrogen and oxygen atoms in total. The van der Waals surface area contributed by atoms with Crippen LogP contribution in [0.4, 0.5) is 4.79 Å². The molecule has 1 aliphatic rings. The van der Waals surface area contributed by atoms with Crippen molar-refractivity contribution in [3.05, 3.63) is 138 Å². The molecule has 1 unspecified atom stereocenters. The second kappa shape index (κ2) is 9.92. The van der Waals surface area contributed by atoms with Crippen LogP contribution in [0.5, 0.6) is 5.75 Å². The maximum Gasteiger partial charge on any atom is 0.412 e. The molecule has 0 saturated heterocycles. The van der Waals surface area contributed by atoms with Crippen LogP contribution in [0.2, 0.25) is 0 Å². The lowest BCUT2D eigenvalue weighted by atomic mass is 9.77. The molecule has 6 aromatic carbocycles. The van der Waals surface area contributed by atoms with Crippen molar-refractivity contribution in [1.82, 2.24) is 5.32 Å². The smallest absolute Gasteiger partial charge is 0.410 e. The Labute approximate surface area is 228 Å². The van der Waals surface area contributed by atoms with Crippen molar-refractivity contribution >= 4 is 38.4 Å². The largest absolute Gasteiger partial charge is 0.412 e. The molecule has 1 aliphatic carbocycles. The van der Waals surface area contributed by atoms with Gasteiger partial charge in [-0.2, -0.15) is 0 Å². The van der Waals surface area contributed by atoms with Gasteiger partial charge in [-0.05, 0) is 80.4 Å². The zero-order valence-corrected chi connectivity index (χ0v) is 21.7. The first-order valence-electron chi connectivity index (χ1n) is 13.7. The van der Waals surface area contributed by atoms with Crippen molar-refractivity contribution < 1.29 is 9.53 Å². The topological polar surface area (TPSA) is 38.3 Å². The third-order valence-corrected chi connectivity index (χ3v) is 8.18. The fraction of sp³-hybridized carbons (Fsp3) is 0.139. The summed E-state index contributed by atoms with van der Waals surface area (Å²) in [5.74, 6) is 1.01. The van der Waals surface area contributed by atoms with Gasteiger partial charge < -0.3 is 10.1 Å². The van der Waals surface area contributed by atoms with Gasteiger partial charge >= 0.3 is 6.09 Å². The summed E-state index contributed by atoms with van der Waals surface area (Å²) in [5, 5.41) is 10.4. The van der Waals surface area contributed by atoms with E-state index in [1.165, 1.54) is 38.2 Å². The lowest BCUT2D eigenvalue weighted by molar-refractivity contribution is 0.200. The average Bonchev–Trinajstić information content (AvgIpc) is 3.00. The molecule has 0 spiro atoms. The fourth-order valence-corrected chi connectivity index (χ4v) is 6.28. The molecule has 0 saturated carbocycles. The van der Waals surface area contributed by atoms with Gasteiger partial charge in [-0.25, -0.2) is 4.79 Å². The van der Waals surface area contributed by atoms with Crippen LogP contribution < -0.4 is 10.1 Å². The predicted octanol–water partition coefficient (Wildman–Crippen LogP) is 8.71. The van der Waals surface area contributed by atoms with Crippen LogP contribution >= 0.6 is 0 Å². The number of benzene rings is 6. The van der Waals surface area contributed by atoms with Crippen molar-refractivity contribution in [3.8, 4) is 5.75 Å². The summed E-state index contributed by atoms with van der Waals surface area (Å²) >= 11 is 0. The number of carbonyl (C=O) groups excluding carboxylic acids is 1. The summed E-state index contributed by atoms with van der Waals surface area (Å²) in [4.78, 5) is 12.6. The van der Waals surface area contributed by atoms with E-state index in [0.717, 1.165) is 35.6 Å². The molecule has 0 fully saturated rings. The van der Waals surface area contributed by atoms with E-state index in [9.17, 15) is 4.79 Å². The third-order valence-electron chi connectivity index (χ3n) is 8.18. The molecule has 0 radical (unpaired) electrons. The number of fused-ring (bicyclic) bond motifs is 6. The summed E-state index contributed by atoms with van der Waals surface area (Å²) in [6.45, 7) is 0.432. The summed E-state index contributed by atoms with van der Waals surface area (Å²) < 4.78 is 5.78. The number of ether oxygens (including phenoxy) is 1. The first-order valence-corrected chi connectivity index (χ1v) is 13.7. The highest BCUT2D eigenvalue weighted by Crippen LogP contribution is 2.41. The zero-order chi connectivity index (χ0) is 26.2. The second-order valence-corrected chi connectivity index (χ2v) is 10.5. The molecule has 1 N–H and O–H groups in total. The number of hydrogen-bond donors (Lipinski definition) is 1. The van der Waals surface area contributed by atoms with Crippen LogP contribution in [-0.2, 0) is 19.4 Å². The predicted molar refractivity (Wildman–Crippen MR) is 159 cm³/mol. The Morgan fingerprint density at radius 1 is 0.692 bits per heavy atom. The van der Waals surface area contributed by atoms with Gasteiger partial charge in [-0.15, -0.1) is 0 Å². The van der Waals surface area contributed by atoms with Gasteiger partial charge in [-0.1, -0.05) is 109 Å². The molecule has 1 atom stereocenters. The molecule has 0 aliphatic heterocycles. The average molecular weight is 508 g/mol. The Morgan fingerprint density at radius 2 is 1.44 bits per heavy atom. The Bertz CT molecular complexity index is 1840. The van der Waals surface area contributed by atoms with Crippen LogP contribution in [0, 0.1) is 0 Å². The van der Waals surface area contributed by atoms with Crippen LogP contribution in [0.3, 0.4) is 0 Å². The van der Waals surface area contributed by atoms with Crippen molar-refractivity contribution in [2.24, 2.45) is 0 Å². The molecular weight excluding hydrogens is 478 g/mol. The molecule has 1 amide bonds. The summed E-state index contributed by atoms with van der Waals surface area (Å²) in [7, 11) is 0. The Kier molecular flexibility index (Phi) is 5.97. The minimum Gasteiger partial charge on any atom is -0.410 e. The quantitative estimate of drug-likeness (QED) is 0.242. The number of aryl methyl sites for hydroxylation is 1. The minimum atomic E-state index is -0.442. The molecule has 39 heavy (non-hydrogen) atoms. The van der Waals surface area contributed by atoms with E-state index in [1.54, 1.807) is 0 Å². The minimum absolute atomic E-state index is 0.418. The van der Waals surface area contributed by atoms with Gasteiger partial charge in [0.25, 0.3) is 0 Å². The highest BCUT2D eigenvalue weighted by Gasteiger charge is 2.24. The van der Waals surface area contributed by atoms with Crippen molar-refractivity contribution in [1.29, 1.82) is 0 Å².